The van der Waals surface area contributed by atoms with Crippen LogP contribution in [0.2, 0.25) is 0 Å². The third kappa shape index (κ3) is 6.13. The first-order chi connectivity index (χ1) is 17.8. The number of aromatic nitrogens is 3. The van der Waals surface area contributed by atoms with E-state index < -0.39 is 9.84 Å². The van der Waals surface area contributed by atoms with E-state index in [1.165, 1.54) is 6.07 Å². The Balaban J connectivity index is 1.54. The number of carbonyl (C=O) groups excluding carboxylic acids is 1. The number of benzene rings is 2. The number of hydrogen-bond acceptors (Lipinski definition) is 7. The summed E-state index contributed by atoms with van der Waals surface area (Å²) in [6, 6.07) is 10.4. The number of pyridine rings is 1. The number of fused-ring (bicyclic) bond motifs is 1. The van der Waals surface area contributed by atoms with Crippen LogP contribution in [0.25, 0.3) is 10.9 Å². The summed E-state index contributed by atoms with van der Waals surface area (Å²) in [5, 5.41) is 7.75. The molecule has 1 amide bonds. The Labute approximate surface area is 222 Å². The minimum Gasteiger partial charge on any atom is -0.492 e. The first-order valence-electron chi connectivity index (χ1n) is 12.2. The summed E-state index contributed by atoms with van der Waals surface area (Å²) >= 11 is 0. The topological polar surface area (TPSA) is 112 Å². The van der Waals surface area contributed by atoms with Crippen molar-refractivity contribution in [2.24, 2.45) is 0 Å². The van der Waals surface area contributed by atoms with Gasteiger partial charge in [0.15, 0.2) is 9.84 Å². The average molecular weight is 537 g/mol. The van der Waals surface area contributed by atoms with Crippen molar-refractivity contribution < 1.29 is 22.7 Å². The zero-order chi connectivity index (χ0) is 27.7. The van der Waals surface area contributed by atoms with Gasteiger partial charge in [-0.05, 0) is 63.9 Å². The quantitative estimate of drug-likeness (QED) is 0.326. The Kier molecular flexibility index (Phi) is 7.46. The molecule has 0 saturated carbocycles. The largest absolute Gasteiger partial charge is 0.492 e. The second kappa shape index (κ2) is 10.4. The molecule has 0 radical (unpaired) electrons. The summed E-state index contributed by atoms with van der Waals surface area (Å²) in [6.07, 6.45) is 6.38. The molecule has 200 valence electrons. The molecule has 0 unspecified atom stereocenters. The molecule has 1 N–H and O–H groups in total. The van der Waals surface area contributed by atoms with E-state index >= 15 is 0 Å². The molecule has 2 heterocycles. The minimum atomic E-state index is -3.54. The fourth-order valence-corrected chi connectivity index (χ4v) is 4.79. The fraction of sp³-hybridized carbons (Fsp3) is 0.321. The lowest BCUT2D eigenvalue weighted by Gasteiger charge is -2.18. The van der Waals surface area contributed by atoms with Gasteiger partial charge >= 0.3 is 0 Å². The molecule has 9 nitrogen and oxygen atoms in total. The summed E-state index contributed by atoms with van der Waals surface area (Å²) in [7, 11) is -3.54. The maximum atomic E-state index is 12.6. The Morgan fingerprint density at radius 2 is 1.84 bits per heavy atom. The Morgan fingerprint density at radius 3 is 2.47 bits per heavy atom. The molecule has 0 saturated heterocycles. The highest BCUT2D eigenvalue weighted by Crippen LogP contribution is 2.36. The highest BCUT2D eigenvalue weighted by atomic mass is 32.2. The normalized spacial score (nSPS) is 11.9. The van der Waals surface area contributed by atoms with Crippen LogP contribution in [-0.4, -0.2) is 42.0 Å². The van der Waals surface area contributed by atoms with Gasteiger partial charge < -0.3 is 14.8 Å². The molecular weight excluding hydrogens is 504 g/mol. The summed E-state index contributed by atoms with van der Waals surface area (Å²) in [5.74, 6) is 1.16. The van der Waals surface area contributed by atoms with Gasteiger partial charge in [-0.15, -0.1) is 0 Å². The number of amides is 1. The lowest BCUT2D eigenvalue weighted by atomic mass is 10.1. The van der Waals surface area contributed by atoms with E-state index in [0.29, 0.717) is 34.7 Å². The van der Waals surface area contributed by atoms with Crippen molar-refractivity contribution in [2.75, 3.05) is 18.2 Å². The molecule has 4 rings (SSSR count). The predicted molar refractivity (Wildman–Crippen MR) is 147 cm³/mol. The molecule has 10 heteroatoms. The zero-order valence-electron chi connectivity index (χ0n) is 22.4. The van der Waals surface area contributed by atoms with Gasteiger partial charge in [0.25, 0.3) is 0 Å². The second-order valence-corrected chi connectivity index (χ2v) is 12.1. The van der Waals surface area contributed by atoms with Crippen LogP contribution in [0.1, 0.15) is 38.8 Å². The maximum absolute atomic E-state index is 12.6. The van der Waals surface area contributed by atoms with Gasteiger partial charge in [0.05, 0.1) is 36.0 Å². The third-order valence-electron chi connectivity index (χ3n) is 5.84. The Morgan fingerprint density at radius 1 is 1.08 bits per heavy atom. The summed E-state index contributed by atoms with van der Waals surface area (Å²) < 4.78 is 38.4. The maximum Gasteiger partial charge on any atom is 0.228 e. The van der Waals surface area contributed by atoms with Crippen molar-refractivity contribution in [1.82, 2.24) is 14.8 Å². The van der Waals surface area contributed by atoms with E-state index in [1.807, 2.05) is 46.0 Å². The highest BCUT2D eigenvalue weighted by Gasteiger charge is 2.19. The number of sulfone groups is 1. The lowest BCUT2D eigenvalue weighted by Crippen LogP contribution is -2.22. The van der Waals surface area contributed by atoms with Gasteiger partial charge in [-0.3, -0.25) is 14.5 Å². The first kappa shape index (κ1) is 27.1. The van der Waals surface area contributed by atoms with Gasteiger partial charge in [-0.25, -0.2) is 8.42 Å². The van der Waals surface area contributed by atoms with E-state index in [0.717, 1.165) is 17.4 Å². The predicted octanol–water partition coefficient (Wildman–Crippen LogP) is 5.27. The molecule has 2 aromatic carbocycles. The van der Waals surface area contributed by atoms with Crippen molar-refractivity contribution in [1.29, 1.82) is 0 Å². The monoisotopic (exact) mass is 536 g/mol. The minimum absolute atomic E-state index is 0.0795. The third-order valence-corrected chi connectivity index (χ3v) is 6.96. The smallest absolute Gasteiger partial charge is 0.228 e. The molecule has 0 spiro atoms. The van der Waals surface area contributed by atoms with Crippen LogP contribution < -0.4 is 14.8 Å². The molecule has 2 aromatic heterocycles. The molecule has 4 aromatic rings. The SMILES string of the molecule is CCOc1cc2nccc(Oc3ccc(CC(=O)Nc4cnn(C(C)(C)C)c4)cc3C)c2cc1S(C)(=O)=O. The van der Waals surface area contributed by atoms with Crippen molar-refractivity contribution >= 4 is 32.3 Å². The number of ether oxygens (including phenoxy) is 2. The second-order valence-electron chi connectivity index (χ2n) is 10.1. The molecule has 0 aliphatic carbocycles. The number of nitrogens with zero attached hydrogens (tertiary/aromatic N) is 3. The van der Waals surface area contributed by atoms with E-state index in [9.17, 15) is 13.2 Å². The number of rotatable bonds is 8. The summed E-state index contributed by atoms with van der Waals surface area (Å²) in [6.45, 7) is 10.1. The molecule has 38 heavy (non-hydrogen) atoms. The number of aryl methyl sites for hydroxylation is 1. The van der Waals surface area contributed by atoms with E-state index in [4.69, 9.17) is 9.47 Å². The Bertz CT molecular complexity index is 1600. The van der Waals surface area contributed by atoms with Crippen LogP contribution in [-0.2, 0) is 26.6 Å². The number of carbonyl (C=O) groups is 1. The molecule has 0 fully saturated rings. The van der Waals surface area contributed by atoms with Crippen LogP contribution >= 0.6 is 0 Å². The molecule has 0 aliphatic heterocycles. The Hall–Kier alpha value is -3.92. The number of hydrogen-bond donors (Lipinski definition) is 1. The van der Waals surface area contributed by atoms with Gasteiger partial charge in [-0.1, -0.05) is 12.1 Å². The first-order valence-corrected chi connectivity index (χ1v) is 14.1. The number of nitrogens with one attached hydrogen (secondary N) is 1. The van der Waals surface area contributed by atoms with Gasteiger partial charge in [0, 0.05) is 30.1 Å². The highest BCUT2D eigenvalue weighted by molar-refractivity contribution is 7.90. The summed E-state index contributed by atoms with van der Waals surface area (Å²) in [4.78, 5) is 17.1. The van der Waals surface area contributed by atoms with Gasteiger partial charge in [0.2, 0.25) is 5.91 Å². The van der Waals surface area contributed by atoms with Crippen molar-refractivity contribution in [3.8, 4) is 17.2 Å². The number of anilines is 1. The fourth-order valence-electron chi connectivity index (χ4n) is 3.97. The average Bonchev–Trinajstić information content (AvgIpc) is 3.29. The van der Waals surface area contributed by atoms with E-state index in [1.54, 1.807) is 42.2 Å². The molecule has 0 atom stereocenters. The summed E-state index contributed by atoms with van der Waals surface area (Å²) in [5.41, 5.74) is 2.69. The van der Waals surface area contributed by atoms with Crippen LogP contribution in [0, 0.1) is 6.92 Å². The van der Waals surface area contributed by atoms with Crippen LogP contribution in [0.4, 0.5) is 5.69 Å². The van der Waals surface area contributed by atoms with E-state index in [2.05, 4.69) is 15.4 Å². The van der Waals surface area contributed by atoms with E-state index in [-0.39, 0.29) is 28.5 Å². The van der Waals surface area contributed by atoms with Crippen molar-refractivity contribution in [3.63, 3.8) is 0 Å². The zero-order valence-corrected chi connectivity index (χ0v) is 23.2. The van der Waals surface area contributed by atoms with Crippen molar-refractivity contribution in [2.45, 2.75) is 51.5 Å². The van der Waals surface area contributed by atoms with Crippen molar-refractivity contribution in [3.05, 3.63) is 66.1 Å². The molecule has 0 bridgehead atoms. The van der Waals surface area contributed by atoms with Gasteiger partial charge in [-0.2, -0.15) is 5.10 Å². The molecular formula is C28H32N4O5S. The van der Waals surface area contributed by atoms with Gasteiger partial charge in [0.1, 0.15) is 22.1 Å². The molecule has 0 aliphatic rings. The lowest BCUT2D eigenvalue weighted by molar-refractivity contribution is -0.115. The van der Waals surface area contributed by atoms with Crippen LogP contribution in [0.5, 0.6) is 17.2 Å². The standard InChI is InChI=1S/C28H32N4O5S/c1-7-36-25-15-22-21(14-26(25)38(6,34)35)24(10-11-29-22)37-23-9-8-19(12-18(23)2)13-27(33)31-20-16-30-32(17-20)28(3,4)5/h8-12,14-17H,7,13H2,1-6H3,(H,31,33). The van der Waals surface area contributed by atoms with Crippen LogP contribution in [0.15, 0.2) is 59.9 Å². The van der Waals surface area contributed by atoms with Crippen LogP contribution in [0.3, 0.4) is 0 Å².